The van der Waals surface area contributed by atoms with Crippen LogP contribution in [-0.2, 0) is 11.2 Å². The van der Waals surface area contributed by atoms with Gasteiger partial charge in [-0.1, -0.05) is 36.8 Å². The minimum absolute atomic E-state index is 0.147. The lowest BCUT2D eigenvalue weighted by atomic mass is 10.1. The smallest absolute Gasteiger partial charge is 0.245 e. The second-order valence-electron chi connectivity index (χ2n) is 6.82. The van der Waals surface area contributed by atoms with Crippen molar-refractivity contribution in [3.63, 3.8) is 0 Å². The molecule has 5 heteroatoms. The second-order valence-corrected chi connectivity index (χ2v) is 6.82. The molecule has 3 heterocycles. The molecule has 126 valence electrons. The van der Waals surface area contributed by atoms with Crippen LogP contribution in [0.2, 0.25) is 0 Å². The molecule has 5 nitrogen and oxygen atoms in total. The van der Waals surface area contributed by atoms with Crippen LogP contribution in [-0.4, -0.2) is 38.7 Å². The van der Waals surface area contributed by atoms with Crippen LogP contribution >= 0.6 is 0 Å². The van der Waals surface area contributed by atoms with Crippen molar-refractivity contribution in [2.24, 2.45) is 0 Å². The Hall–Kier alpha value is -2.17. The van der Waals surface area contributed by atoms with E-state index in [1.165, 1.54) is 6.42 Å². The molecule has 2 aromatic rings. The number of rotatable bonds is 2. The lowest BCUT2D eigenvalue weighted by Gasteiger charge is -2.31. The monoisotopic (exact) mass is 324 g/mol. The molecule has 0 saturated carbocycles. The van der Waals surface area contributed by atoms with E-state index < -0.39 is 0 Å². The van der Waals surface area contributed by atoms with Gasteiger partial charge in [0.25, 0.3) is 0 Å². The van der Waals surface area contributed by atoms with Crippen molar-refractivity contribution >= 4 is 5.91 Å². The maximum Gasteiger partial charge on any atom is 0.245 e. The number of fused-ring (bicyclic) bond motifs is 1. The second kappa shape index (κ2) is 6.75. The van der Waals surface area contributed by atoms with Gasteiger partial charge in [-0.3, -0.25) is 9.36 Å². The van der Waals surface area contributed by atoms with E-state index in [1.54, 1.807) is 0 Å². The Morgan fingerprint density at radius 1 is 0.958 bits per heavy atom. The topological polar surface area (TPSA) is 51.0 Å². The van der Waals surface area contributed by atoms with E-state index >= 15 is 0 Å². The van der Waals surface area contributed by atoms with Gasteiger partial charge in [0.2, 0.25) is 5.91 Å². The summed E-state index contributed by atoms with van der Waals surface area (Å²) in [5.74, 6) is 2.06. The van der Waals surface area contributed by atoms with Crippen molar-refractivity contribution < 1.29 is 4.79 Å². The summed E-state index contributed by atoms with van der Waals surface area (Å²) >= 11 is 0. The van der Waals surface area contributed by atoms with Gasteiger partial charge < -0.3 is 4.90 Å². The van der Waals surface area contributed by atoms with Crippen LogP contribution in [0.4, 0.5) is 0 Å². The number of aromatic nitrogens is 3. The van der Waals surface area contributed by atoms with Crippen molar-refractivity contribution in [1.29, 1.82) is 0 Å². The molecule has 2 aliphatic heterocycles. The third-order valence-electron chi connectivity index (χ3n) is 5.19. The molecular formula is C19H24N4O. The third-order valence-corrected chi connectivity index (χ3v) is 5.19. The normalized spacial score (nSPS) is 21.2. The molecule has 1 amide bonds. The van der Waals surface area contributed by atoms with Gasteiger partial charge in [-0.15, -0.1) is 10.2 Å². The molecule has 0 radical (unpaired) electrons. The summed E-state index contributed by atoms with van der Waals surface area (Å²) in [6.45, 7) is 1.79. The maximum absolute atomic E-state index is 13.2. The minimum atomic E-state index is -0.147. The van der Waals surface area contributed by atoms with Crippen molar-refractivity contribution in [3.05, 3.63) is 36.2 Å². The maximum atomic E-state index is 13.2. The Morgan fingerprint density at radius 2 is 1.75 bits per heavy atom. The van der Waals surface area contributed by atoms with Gasteiger partial charge in [0.15, 0.2) is 5.82 Å². The summed E-state index contributed by atoms with van der Waals surface area (Å²) in [7, 11) is 0. The van der Waals surface area contributed by atoms with E-state index in [0.717, 1.165) is 68.8 Å². The van der Waals surface area contributed by atoms with Gasteiger partial charge in [0.05, 0.1) is 0 Å². The van der Waals surface area contributed by atoms with Gasteiger partial charge in [0, 0.05) is 25.1 Å². The van der Waals surface area contributed by atoms with Gasteiger partial charge in [-0.2, -0.15) is 0 Å². The molecule has 1 saturated heterocycles. The van der Waals surface area contributed by atoms with Crippen LogP contribution in [0.25, 0.3) is 11.4 Å². The van der Waals surface area contributed by atoms with Crippen LogP contribution in [0.5, 0.6) is 0 Å². The molecule has 1 atom stereocenters. The molecule has 2 aliphatic rings. The molecule has 1 aromatic carbocycles. The number of likely N-dealkylation sites (tertiary alicyclic amines) is 1. The molecule has 1 unspecified atom stereocenters. The number of hydrogen-bond acceptors (Lipinski definition) is 3. The number of piperidine rings is 1. The van der Waals surface area contributed by atoms with Gasteiger partial charge >= 0.3 is 0 Å². The number of carbonyl (C=O) groups excluding carboxylic acids is 1. The summed E-state index contributed by atoms with van der Waals surface area (Å²) in [5.41, 5.74) is 1.04. The Labute approximate surface area is 142 Å². The van der Waals surface area contributed by atoms with Crippen LogP contribution in [0.1, 0.15) is 50.4 Å². The molecule has 4 rings (SSSR count). The van der Waals surface area contributed by atoms with Crippen molar-refractivity contribution in [2.75, 3.05) is 13.1 Å². The van der Waals surface area contributed by atoms with Crippen LogP contribution < -0.4 is 0 Å². The molecule has 0 N–H and O–H groups in total. The zero-order valence-electron chi connectivity index (χ0n) is 14.0. The average Bonchev–Trinajstić information content (AvgIpc) is 2.95. The first-order valence-corrected chi connectivity index (χ1v) is 9.12. The summed E-state index contributed by atoms with van der Waals surface area (Å²) in [5, 5.41) is 8.84. The van der Waals surface area contributed by atoms with Crippen molar-refractivity contribution in [2.45, 2.75) is 51.0 Å². The average molecular weight is 324 g/mol. The van der Waals surface area contributed by atoms with Crippen molar-refractivity contribution in [3.8, 4) is 11.4 Å². The molecule has 0 spiro atoms. The number of nitrogens with zero attached hydrogens (tertiary/aromatic N) is 4. The van der Waals surface area contributed by atoms with E-state index in [0.29, 0.717) is 0 Å². The first-order valence-electron chi connectivity index (χ1n) is 9.12. The first-order chi connectivity index (χ1) is 11.8. The molecule has 1 fully saturated rings. The zero-order valence-corrected chi connectivity index (χ0v) is 14.0. The molecule has 24 heavy (non-hydrogen) atoms. The number of amides is 1. The number of carbonyl (C=O) groups is 1. The quantitative estimate of drug-likeness (QED) is 0.852. The fourth-order valence-corrected chi connectivity index (χ4v) is 3.91. The highest BCUT2D eigenvalue weighted by Gasteiger charge is 2.32. The molecule has 0 aliphatic carbocycles. The molecular weight excluding hydrogens is 300 g/mol. The summed E-state index contributed by atoms with van der Waals surface area (Å²) in [4.78, 5) is 15.3. The SMILES string of the molecule is O=C(C1CCCCc2nnc(-c3ccccc3)n21)N1CCCCC1. The highest BCUT2D eigenvalue weighted by Crippen LogP contribution is 2.31. The van der Waals surface area contributed by atoms with E-state index in [1.807, 2.05) is 30.3 Å². The summed E-state index contributed by atoms with van der Waals surface area (Å²) in [6.07, 6.45) is 7.43. The fourth-order valence-electron chi connectivity index (χ4n) is 3.91. The van der Waals surface area contributed by atoms with Gasteiger partial charge in [-0.05, 0) is 32.1 Å². The highest BCUT2D eigenvalue weighted by atomic mass is 16.2. The standard InChI is InChI=1S/C19H24N4O/c24-19(22-13-7-2-8-14-22)16-11-5-6-12-17-20-21-18(23(16)17)15-9-3-1-4-10-15/h1,3-4,9-10,16H,2,5-8,11-14H2. The lowest BCUT2D eigenvalue weighted by Crippen LogP contribution is -2.40. The minimum Gasteiger partial charge on any atom is -0.341 e. The van der Waals surface area contributed by atoms with Gasteiger partial charge in [0.1, 0.15) is 11.9 Å². The Morgan fingerprint density at radius 3 is 2.54 bits per heavy atom. The largest absolute Gasteiger partial charge is 0.341 e. The van der Waals surface area contributed by atoms with Gasteiger partial charge in [-0.25, -0.2) is 0 Å². The Bertz CT molecular complexity index is 703. The highest BCUT2D eigenvalue weighted by molar-refractivity contribution is 5.81. The zero-order chi connectivity index (χ0) is 16.4. The van der Waals surface area contributed by atoms with E-state index in [2.05, 4.69) is 19.7 Å². The fraction of sp³-hybridized carbons (Fsp3) is 0.526. The Kier molecular flexibility index (Phi) is 4.32. The molecule has 1 aromatic heterocycles. The number of hydrogen-bond donors (Lipinski definition) is 0. The van der Waals surface area contributed by atoms with E-state index in [9.17, 15) is 4.79 Å². The summed E-state index contributed by atoms with van der Waals surface area (Å²) < 4.78 is 2.12. The number of aryl methyl sites for hydroxylation is 1. The first kappa shape index (κ1) is 15.4. The predicted octanol–water partition coefficient (Wildman–Crippen LogP) is 3.23. The predicted molar refractivity (Wildman–Crippen MR) is 92.5 cm³/mol. The van der Waals surface area contributed by atoms with E-state index in [-0.39, 0.29) is 11.9 Å². The van der Waals surface area contributed by atoms with Crippen LogP contribution in [0.15, 0.2) is 30.3 Å². The third kappa shape index (κ3) is 2.83. The Balaban J connectivity index is 1.72. The molecule has 0 bridgehead atoms. The van der Waals surface area contributed by atoms with Crippen LogP contribution in [0.3, 0.4) is 0 Å². The van der Waals surface area contributed by atoms with E-state index in [4.69, 9.17) is 0 Å². The number of benzene rings is 1. The van der Waals surface area contributed by atoms with Crippen molar-refractivity contribution in [1.82, 2.24) is 19.7 Å². The van der Waals surface area contributed by atoms with Crippen LogP contribution in [0, 0.1) is 0 Å². The summed E-state index contributed by atoms with van der Waals surface area (Å²) in [6, 6.07) is 9.96. The lowest BCUT2D eigenvalue weighted by molar-refractivity contribution is -0.135.